The molecule has 1 aliphatic rings. The highest BCUT2D eigenvalue weighted by Gasteiger charge is 2.37. The first-order valence-corrected chi connectivity index (χ1v) is 10.6. The highest BCUT2D eigenvalue weighted by atomic mass is 35.5. The van der Waals surface area contributed by atoms with Gasteiger partial charge in [-0.05, 0) is 25.1 Å². The van der Waals surface area contributed by atoms with Crippen LogP contribution in [0.4, 0.5) is 18.9 Å². The standard InChI is InChI=1S/C20H17Cl3F3N5O2/c1-3-27-17(32)11-7-10(21)8-13(23)16(11)28-18(33)14-9-15(20(24,25)26)29-31(14)19-12(22)5-4-6-30(19)2/h4-5,7-9H,3,6H2,1-2H3,(H,27,32)(H,28,33). The lowest BCUT2D eigenvalue weighted by Gasteiger charge is -2.26. The molecule has 0 unspecified atom stereocenters. The van der Waals surface area contributed by atoms with Gasteiger partial charge in [0.1, 0.15) is 11.5 Å². The molecule has 0 saturated heterocycles. The van der Waals surface area contributed by atoms with Crippen LogP contribution in [0, 0.1) is 0 Å². The van der Waals surface area contributed by atoms with Crippen LogP contribution in [0.3, 0.4) is 0 Å². The van der Waals surface area contributed by atoms with Crippen molar-refractivity contribution in [3.63, 3.8) is 0 Å². The maximum absolute atomic E-state index is 13.4. The molecular formula is C20H17Cl3F3N5O2. The summed E-state index contributed by atoms with van der Waals surface area (Å²) in [6, 6.07) is 3.17. The molecule has 0 bridgehead atoms. The van der Waals surface area contributed by atoms with E-state index >= 15 is 0 Å². The first-order valence-electron chi connectivity index (χ1n) is 9.47. The largest absolute Gasteiger partial charge is 0.435 e. The summed E-state index contributed by atoms with van der Waals surface area (Å²) in [4.78, 5) is 27.1. The van der Waals surface area contributed by atoms with Gasteiger partial charge in [0, 0.05) is 31.2 Å². The molecule has 13 heteroatoms. The van der Waals surface area contributed by atoms with Crippen LogP contribution in [-0.2, 0) is 6.18 Å². The molecular weight excluding hydrogens is 506 g/mol. The zero-order valence-electron chi connectivity index (χ0n) is 17.2. The van der Waals surface area contributed by atoms with Gasteiger partial charge in [-0.25, -0.2) is 4.68 Å². The molecule has 1 aromatic heterocycles. The van der Waals surface area contributed by atoms with E-state index in [4.69, 9.17) is 34.8 Å². The number of aromatic nitrogens is 2. The monoisotopic (exact) mass is 521 g/mol. The van der Waals surface area contributed by atoms with Crippen LogP contribution in [0.15, 0.2) is 35.4 Å². The number of halogens is 6. The van der Waals surface area contributed by atoms with Crippen LogP contribution in [0.5, 0.6) is 0 Å². The zero-order valence-corrected chi connectivity index (χ0v) is 19.5. The van der Waals surface area contributed by atoms with Crippen LogP contribution in [-0.4, -0.2) is 46.6 Å². The smallest absolute Gasteiger partial charge is 0.355 e. The Hall–Kier alpha value is -2.69. The number of nitrogens with zero attached hydrogens (tertiary/aromatic N) is 3. The van der Waals surface area contributed by atoms with Crippen molar-refractivity contribution in [2.24, 2.45) is 0 Å². The van der Waals surface area contributed by atoms with E-state index in [1.54, 1.807) is 20.0 Å². The second kappa shape index (κ2) is 9.66. The van der Waals surface area contributed by atoms with Crippen molar-refractivity contribution in [2.75, 3.05) is 25.5 Å². The summed E-state index contributed by atoms with van der Waals surface area (Å²) in [6.07, 6.45) is -1.62. The lowest BCUT2D eigenvalue weighted by Crippen LogP contribution is -2.29. The number of nitrogens with one attached hydrogen (secondary N) is 2. The van der Waals surface area contributed by atoms with Crippen LogP contribution in [0.1, 0.15) is 33.5 Å². The third kappa shape index (κ3) is 5.29. The SMILES string of the molecule is CCNC(=O)c1cc(Cl)cc(Cl)c1NC(=O)c1cc(C(F)(F)F)nn1C1=C(Cl)C=CCN1C. The Kier molecular flexibility index (Phi) is 7.30. The number of carbonyl (C=O) groups is 2. The van der Waals surface area contributed by atoms with E-state index in [1.165, 1.54) is 23.1 Å². The Bertz CT molecular complexity index is 1170. The van der Waals surface area contributed by atoms with Crippen molar-refractivity contribution in [3.05, 3.63) is 62.4 Å². The molecule has 1 aromatic carbocycles. The van der Waals surface area contributed by atoms with E-state index in [9.17, 15) is 22.8 Å². The third-order valence-electron chi connectivity index (χ3n) is 4.53. The average Bonchev–Trinajstić information content (AvgIpc) is 3.15. The number of allylic oxidation sites excluding steroid dienone is 2. The van der Waals surface area contributed by atoms with Crippen molar-refractivity contribution in [3.8, 4) is 0 Å². The first kappa shape index (κ1) is 24.9. The van der Waals surface area contributed by atoms with Crippen LogP contribution >= 0.6 is 34.8 Å². The fraction of sp³-hybridized carbons (Fsp3) is 0.250. The Morgan fingerprint density at radius 2 is 1.85 bits per heavy atom. The number of benzene rings is 1. The summed E-state index contributed by atoms with van der Waals surface area (Å²) < 4.78 is 41.1. The van der Waals surface area contributed by atoms with Gasteiger partial charge in [0.2, 0.25) is 0 Å². The molecule has 0 aliphatic carbocycles. The molecule has 2 amide bonds. The number of hydrogen-bond donors (Lipinski definition) is 2. The average molecular weight is 523 g/mol. The number of alkyl halides is 3. The summed E-state index contributed by atoms with van der Waals surface area (Å²) in [6.45, 7) is 2.30. The maximum Gasteiger partial charge on any atom is 0.435 e. The van der Waals surface area contributed by atoms with Gasteiger partial charge in [0.15, 0.2) is 5.69 Å². The number of carbonyl (C=O) groups excluding carboxylic acids is 2. The molecule has 0 radical (unpaired) electrons. The van der Waals surface area contributed by atoms with Gasteiger partial charge >= 0.3 is 6.18 Å². The Morgan fingerprint density at radius 1 is 1.15 bits per heavy atom. The molecule has 33 heavy (non-hydrogen) atoms. The topological polar surface area (TPSA) is 79.3 Å². The second-order valence-electron chi connectivity index (χ2n) is 6.90. The summed E-state index contributed by atoms with van der Waals surface area (Å²) in [5.41, 5.74) is -1.93. The lowest BCUT2D eigenvalue weighted by molar-refractivity contribution is -0.141. The number of hydrogen-bond acceptors (Lipinski definition) is 4. The maximum atomic E-state index is 13.4. The van der Waals surface area contributed by atoms with Crippen molar-refractivity contribution in [2.45, 2.75) is 13.1 Å². The highest BCUT2D eigenvalue weighted by Crippen LogP contribution is 2.34. The Morgan fingerprint density at radius 3 is 2.45 bits per heavy atom. The summed E-state index contributed by atoms with van der Waals surface area (Å²) in [7, 11) is 1.58. The summed E-state index contributed by atoms with van der Waals surface area (Å²) in [5, 5.41) is 8.69. The molecule has 7 nitrogen and oxygen atoms in total. The zero-order chi connectivity index (χ0) is 24.5. The van der Waals surface area contributed by atoms with E-state index in [1.807, 2.05) is 0 Å². The van der Waals surface area contributed by atoms with Crippen molar-refractivity contribution in [1.29, 1.82) is 0 Å². The predicted octanol–water partition coefficient (Wildman–Crippen LogP) is 5.08. The molecule has 2 heterocycles. The minimum atomic E-state index is -4.82. The molecule has 0 spiro atoms. The molecule has 0 fully saturated rings. The van der Waals surface area contributed by atoms with Gasteiger partial charge in [0.25, 0.3) is 11.8 Å². The molecule has 176 valence electrons. The van der Waals surface area contributed by atoms with Crippen molar-refractivity contribution >= 4 is 58.1 Å². The molecule has 3 rings (SSSR count). The fourth-order valence-electron chi connectivity index (χ4n) is 3.08. The molecule has 0 saturated carbocycles. The lowest BCUT2D eigenvalue weighted by atomic mass is 10.1. The second-order valence-corrected chi connectivity index (χ2v) is 8.15. The van der Waals surface area contributed by atoms with Crippen LogP contribution in [0.2, 0.25) is 10.0 Å². The van der Waals surface area contributed by atoms with Crippen molar-refractivity contribution < 1.29 is 22.8 Å². The molecule has 1 aliphatic heterocycles. The van der Waals surface area contributed by atoms with Crippen molar-refractivity contribution in [1.82, 2.24) is 20.0 Å². The Labute approximate surface area is 201 Å². The van der Waals surface area contributed by atoms with E-state index in [0.29, 0.717) is 12.6 Å². The molecule has 2 aromatic rings. The minimum absolute atomic E-state index is 0.0558. The minimum Gasteiger partial charge on any atom is -0.355 e. The number of amides is 2. The van der Waals surface area contributed by atoms with E-state index in [2.05, 4.69) is 15.7 Å². The van der Waals surface area contributed by atoms with Crippen LogP contribution < -0.4 is 10.6 Å². The normalized spacial score (nSPS) is 14.0. The quantitative estimate of drug-likeness (QED) is 0.574. The van der Waals surface area contributed by atoms with Gasteiger partial charge in [0.05, 0.1) is 21.3 Å². The third-order valence-corrected chi connectivity index (χ3v) is 5.34. The number of anilines is 1. The van der Waals surface area contributed by atoms with Gasteiger partial charge < -0.3 is 15.5 Å². The fourth-order valence-corrected chi connectivity index (χ4v) is 3.93. The van der Waals surface area contributed by atoms with Gasteiger partial charge in [-0.1, -0.05) is 40.9 Å². The molecule has 2 N–H and O–H groups in total. The van der Waals surface area contributed by atoms with Gasteiger partial charge in [-0.15, -0.1) is 0 Å². The summed E-state index contributed by atoms with van der Waals surface area (Å²) in [5.74, 6) is -1.50. The first-order chi connectivity index (χ1) is 15.4. The Balaban J connectivity index is 2.12. The van der Waals surface area contributed by atoms with Gasteiger partial charge in [-0.2, -0.15) is 18.3 Å². The van der Waals surface area contributed by atoms with E-state index < -0.39 is 29.4 Å². The summed E-state index contributed by atoms with van der Waals surface area (Å²) >= 11 is 18.4. The van der Waals surface area contributed by atoms with Gasteiger partial charge in [-0.3, -0.25) is 9.59 Å². The highest BCUT2D eigenvalue weighted by molar-refractivity contribution is 6.38. The number of likely N-dealkylation sites (N-methyl/N-ethyl adjacent to an activating group) is 1. The number of rotatable bonds is 5. The predicted molar refractivity (Wildman–Crippen MR) is 120 cm³/mol. The van der Waals surface area contributed by atoms with E-state index in [0.717, 1.165) is 4.68 Å². The van der Waals surface area contributed by atoms with Crippen LogP contribution in [0.25, 0.3) is 5.82 Å². The van der Waals surface area contributed by atoms with E-state index in [-0.39, 0.29) is 38.7 Å². The molecule has 0 atom stereocenters.